The number of pyridine rings is 3. The summed E-state index contributed by atoms with van der Waals surface area (Å²) in [6.45, 7) is 0. The summed E-state index contributed by atoms with van der Waals surface area (Å²) in [5.74, 6) is 2.09. The fraction of sp³-hybridized carbons (Fsp3) is 0. The number of aromatic nitrogens is 9. The van der Waals surface area contributed by atoms with Crippen molar-refractivity contribution in [1.29, 1.82) is 0 Å². The average Bonchev–Trinajstić information content (AvgIpc) is 1.60. The van der Waals surface area contributed by atoms with Gasteiger partial charge in [-0.2, -0.15) is 0 Å². The molecule has 0 saturated carbocycles. The monoisotopic (exact) mass is 1930 g/mol. The Morgan fingerprint density at radius 2 is 0.299 bits per heavy atom. The van der Waals surface area contributed by atoms with Crippen molar-refractivity contribution in [3.05, 3.63) is 516 Å². The van der Waals surface area contributed by atoms with E-state index in [1.54, 1.807) is 0 Å². The Kier molecular flexibility index (Phi) is 23.5. The highest BCUT2D eigenvalue weighted by Gasteiger charge is 2.25. The van der Waals surface area contributed by atoms with Crippen molar-refractivity contribution < 1.29 is 0 Å². The quantitative estimate of drug-likeness (QED) is 0.0932. The predicted octanol–water partition coefficient (Wildman–Crippen LogP) is 36.9. The summed E-state index contributed by atoms with van der Waals surface area (Å²) >= 11 is 5.53. The molecule has 0 N–H and O–H groups in total. The maximum Gasteiger partial charge on any atom is 0.160 e. The van der Waals surface area contributed by atoms with Crippen LogP contribution in [0.3, 0.4) is 0 Å². The van der Waals surface area contributed by atoms with E-state index in [4.69, 9.17) is 44.9 Å². The van der Waals surface area contributed by atoms with Gasteiger partial charge >= 0.3 is 0 Å². The molecule has 0 spiro atoms. The second-order valence-electron chi connectivity index (χ2n) is 36.5. The van der Waals surface area contributed by atoms with Gasteiger partial charge in [0, 0.05) is 143 Å². The molecule has 28 rings (SSSR count). The number of nitrogens with zero attached hydrogens (tertiary/aromatic N) is 9. The second-order valence-corrected chi connectivity index (χ2v) is 39.6. The van der Waals surface area contributed by atoms with E-state index >= 15 is 0 Å². The molecule has 0 bridgehead atoms. The summed E-state index contributed by atoms with van der Waals surface area (Å²) in [6.07, 6.45) is 0. The summed E-state index contributed by atoms with van der Waals surface area (Å²) in [6, 6.07) is 180. The third-order valence-electron chi connectivity index (χ3n) is 27.3. The molecule has 147 heavy (non-hydrogen) atoms. The fourth-order valence-corrected chi connectivity index (χ4v) is 23.6. The molecule has 0 aliphatic heterocycles. The molecule has 12 heteroatoms. The molecule has 0 radical (unpaired) electrons. The topological polar surface area (TPSA) is 116 Å². The van der Waals surface area contributed by atoms with Crippen LogP contribution in [0.15, 0.2) is 516 Å². The predicted molar refractivity (Wildman–Crippen MR) is 618 cm³/mol. The Balaban J connectivity index is 0.000000112. The largest absolute Gasteiger partial charge is 0.247 e. The molecule has 28 aromatic rings. The zero-order valence-corrected chi connectivity index (χ0v) is 81.8. The van der Waals surface area contributed by atoms with Gasteiger partial charge in [0.15, 0.2) is 17.5 Å². The first-order chi connectivity index (χ1) is 72.8. The van der Waals surface area contributed by atoms with E-state index in [2.05, 4.69) is 419 Å². The van der Waals surface area contributed by atoms with Gasteiger partial charge in [-0.3, -0.25) is 0 Å². The van der Waals surface area contributed by atoms with Gasteiger partial charge in [0.1, 0.15) is 0 Å². The van der Waals surface area contributed by atoms with Crippen LogP contribution in [0.25, 0.3) is 273 Å². The van der Waals surface area contributed by atoms with Crippen LogP contribution in [-0.2, 0) is 0 Å². The lowest BCUT2D eigenvalue weighted by Crippen LogP contribution is -1.96. The van der Waals surface area contributed by atoms with E-state index in [0.29, 0.717) is 17.5 Å². The molecule has 0 aliphatic rings. The molecule has 0 amide bonds. The Bertz CT molecular complexity index is 9300. The summed E-state index contributed by atoms with van der Waals surface area (Å²) in [4.78, 5) is 46.3. The molecule has 19 aromatic carbocycles. The summed E-state index contributed by atoms with van der Waals surface area (Å²) in [5.41, 5.74) is 33.3. The van der Waals surface area contributed by atoms with Crippen LogP contribution >= 0.6 is 34.0 Å². The van der Waals surface area contributed by atoms with Crippen LogP contribution < -0.4 is 0 Å². The number of benzene rings is 19. The Morgan fingerprint density at radius 1 is 0.122 bits per heavy atom. The molecule has 688 valence electrons. The average molecular weight is 1930 g/mol. The minimum atomic E-state index is 0.686. The lowest BCUT2D eigenvalue weighted by molar-refractivity contribution is 1.18. The maximum absolute atomic E-state index is 5.35. The molecule has 0 unspecified atom stereocenters. The highest BCUT2D eigenvalue weighted by Crippen LogP contribution is 2.49. The third-order valence-corrected chi connectivity index (χ3v) is 30.9. The van der Waals surface area contributed by atoms with Gasteiger partial charge in [-0.15, -0.1) is 34.0 Å². The minimum Gasteiger partial charge on any atom is -0.247 e. The van der Waals surface area contributed by atoms with Gasteiger partial charge in [-0.25, -0.2) is 44.9 Å². The molecule has 0 saturated heterocycles. The van der Waals surface area contributed by atoms with E-state index in [1.165, 1.54) is 121 Å². The van der Waals surface area contributed by atoms with Gasteiger partial charge in [0.05, 0.1) is 67.8 Å². The van der Waals surface area contributed by atoms with Crippen molar-refractivity contribution in [2.45, 2.75) is 0 Å². The number of rotatable bonds is 16. The standard InChI is InChI=1S/C49H31N3S.2C43H27N3S/c1-4-12-32(13-5-1)34-20-22-36(23-21-34)44-31-43(35-16-8-3-9-17-35)51-49(52-44)38-26-24-37(25-27-38)47-46-40-18-10-11-19-45(40)53-48(46)41-30-39(28-29-42(41)50-47)33-14-6-2-7-15-33;1-4-12-28(13-5-1)33-24-25-36-35(26-33)42-40(34-18-10-11-19-39(34)47-42)41(44-36)31-22-20-30(21-23-31)38-27-37(29-14-6-2-7-15-29)45-43(46-38)32-16-8-3-9-17-32;1-4-12-28(13-5-1)33-24-25-36-35(26-33)42-40(34-18-10-11-19-39(34)47-42)41(44-36)31-20-22-32(23-21-31)43-45-37(29-14-6-2-7-15-29)27-38(46-43)30-16-8-3-9-17-30/h1-31H;2*1-27H. The molecular weight excluding hydrogens is 1840 g/mol. The summed E-state index contributed by atoms with van der Waals surface area (Å²) < 4.78 is 7.58. The van der Waals surface area contributed by atoms with Crippen molar-refractivity contribution in [3.63, 3.8) is 0 Å². The minimum absolute atomic E-state index is 0.686. The summed E-state index contributed by atoms with van der Waals surface area (Å²) in [7, 11) is 0. The van der Waals surface area contributed by atoms with Crippen molar-refractivity contribution >= 4 is 127 Å². The number of hydrogen-bond donors (Lipinski definition) is 0. The number of hydrogen-bond acceptors (Lipinski definition) is 12. The highest BCUT2D eigenvalue weighted by molar-refractivity contribution is 7.27. The molecular formula is C135H85N9S3. The molecule has 9 heterocycles. The van der Waals surface area contributed by atoms with E-state index in [9.17, 15) is 0 Å². The van der Waals surface area contributed by atoms with Gasteiger partial charge in [-0.1, -0.05) is 443 Å². The number of thiophene rings is 3. The number of fused-ring (bicyclic) bond motifs is 15. The van der Waals surface area contributed by atoms with Crippen LogP contribution in [0.1, 0.15) is 0 Å². The van der Waals surface area contributed by atoms with Crippen molar-refractivity contribution in [1.82, 2.24) is 44.9 Å². The van der Waals surface area contributed by atoms with E-state index in [1.807, 2.05) is 131 Å². The first-order valence-electron chi connectivity index (χ1n) is 49.2. The van der Waals surface area contributed by atoms with Crippen molar-refractivity contribution in [2.75, 3.05) is 0 Å². The van der Waals surface area contributed by atoms with Crippen LogP contribution in [-0.4, -0.2) is 44.9 Å². The third kappa shape index (κ3) is 17.6. The highest BCUT2D eigenvalue weighted by atomic mass is 32.1. The SMILES string of the molecule is c1ccc(-c2ccc(-c3cc(-c4ccccc4)nc(-c4ccc(-c5nc6ccc(-c7ccccc7)cc6c6sc7ccccc7c56)cc4)n3)cc2)cc1.c1ccc(-c2ccc3nc(-c4ccc(-c5cc(-c6ccccc6)nc(-c6ccccc6)n5)cc4)c4c5ccccc5sc4c3c2)cc1.c1ccc(-c2ccc3nc(-c4ccc(-c5nc(-c6ccccc6)cc(-c6ccccc6)n5)cc4)c4c5ccccc5sc4c3c2)cc1. The maximum atomic E-state index is 5.35. The molecule has 9 nitrogen and oxygen atoms in total. The smallest absolute Gasteiger partial charge is 0.160 e. The molecule has 0 atom stereocenters. The van der Waals surface area contributed by atoms with Crippen molar-refractivity contribution in [3.8, 4) is 180 Å². The molecule has 9 aromatic heterocycles. The van der Waals surface area contributed by atoms with Crippen LogP contribution in [0.5, 0.6) is 0 Å². The van der Waals surface area contributed by atoms with Crippen LogP contribution in [0.2, 0.25) is 0 Å². The normalized spacial score (nSPS) is 11.4. The van der Waals surface area contributed by atoms with Gasteiger partial charge in [0.2, 0.25) is 0 Å². The summed E-state index contributed by atoms with van der Waals surface area (Å²) in [5, 5.41) is 10.8. The first kappa shape index (κ1) is 88.5. The van der Waals surface area contributed by atoms with E-state index < -0.39 is 0 Å². The van der Waals surface area contributed by atoms with Crippen molar-refractivity contribution in [2.24, 2.45) is 0 Å². The van der Waals surface area contributed by atoms with Gasteiger partial charge in [0.25, 0.3) is 0 Å². The molecule has 0 fully saturated rings. The Hall–Kier alpha value is -18.7. The zero-order chi connectivity index (χ0) is 97.5. The van der Waals surface area contributed by atoms with E-state index in [-0.39, 0.29) is 0 Å². The lowest BCUT2D eigenvalue weighted by Gasteiger charge is -2.12. The second kappa shape index (κ2) is 39.0. The van der Waals surface area contributed by atoms with Crippen LogP contribution in [0.4, 0.5) is 0 Å². The fourth-order valence-electron chi connectivity index (χ4n) is 19.9. The molecule has 0 aliphatic carbocycles. The first-order valence-corrected chi connectivity index (χ1v) is 51.6. The van der Waals surface area contributed by atoms with E-state index in [0.717, 1.165) is 135 Å². The zero-order valence-electron chi connectivity index (χ0n) is 79.3. The van der Waals surface area contributed by atoms with Gasteiger partial charge in [-0.05, 0) is 117 Å². The Morgan fingerprint density at radius 3 is 0.558 bits per heavy atom. The van der Waals surface area contributed by atoms with Gasteiger partial charge < -0.3 is 0 Å². The Labute approximate surface area is 861 Å². The van der Waals surface area contributed by atoms with Crippen LogP contribution in [0, 0.1) is 0 Å². The lowest BCUT2D eigenvalue weighted by atomic mass is 9.98.